The summed E-state index contributed by atoms with van der Waals surface area (Å²) in [6.45, 7) is 0.512. The van der Waals surface area contributed by atoms with Crippen LogP contribution in [0.2, 0.25) is 5.02 Å². The number of carbonyl (C=O) groups excluding carboxylic acids is 2. The number of methoxy groups -OCH3 is 1. The number of hydrogen-bond acceptors (Lipinski definition) is 3. The standard InChI is InChI=1S/C20H21ClN2O3/c1-26-18-10-2-14(3-11-18)13-23(17-8-9-17)19(24)12-22-20(25)15-4-6-16(21)7-5-15/h2-7,10-11,17H,8-9,12-13H2,1H3,(H,22,25). The summed E-state index contributed by atoms with van der Waals surface area (Å²) < 4.78 is 5.16. The van der Waals surface area contributed by atoms with Crippen molar-refractivity contribution in [2.24, 2.45) is 0 Å². The second kappa shape index (κ2) is 8.23. The average Bonchev–Trinajstić information content (AvgIpc) is 3.50. The van der Waals surface area contributed by atoms with Crippen molar-refractivity contribution < 1.29 is 14.3 Å². The van der Waals surface area contributed by atoms with Crippen molar-refractivity contribution in [3.8, 4) is 5.75 Å². The minimum atomic E-state index is -0.282. The lowest BCUT2D eigenvalue weighted by Gasteiger charge is -2.23. The van der Waals surface area contributed by atoms with Gasteiger partial charge in [0.25, 0.3) is 5.91 Å². The van der Waals surface area contributed by atoms with Crippen LogP contribution < -0.4 is 10.1 Å². The molecule has 1 fully saturated rings. The van der Waals surface area contributed by atoms with Crippen molar-refractivity contribution >= 4 is 23.4 Å². The lowest BCUT2D eigenvalue weighted by atomic mass is 10.2. The van der Waals surface area contributed by atoms with E-state index in [0.717, 1.165) is 24.2 Å². The summed E-state index contributed by atoms with van der Waals surface area (Å²) in [5.41, 5.74) is 1.52. The molecule has 0 radical (unpaired) electrons. The molecule has 0 heterocycles. The molecule has 0 spiro atoms. The topological polar surface area (TPSA) is 58.6 Å². The summed E-state index contributed by atoms with van der Waals surface area (Å²) in [5, 5.41) is 3.26. The quantitative estimate of drug-likeness (QED) is 0.811. The summed E-state index contributed by atoms with van der Waals surface area (Å²) in [5.74, 6) is 0.425. The van der Waals surface area contributed by atoms with E-state index in [-0.39, 0.29) is 24.4 Å². The lowest BCUT2D eigenvalue weighted by Crippen LogP contribution is -2.41. The van der Waals surface area contributed by atoms with Gasteiger partial charge in [-0.25, -0.2) is 0 Å². The monoisotopic (exact) mass is 372 g/mol. The Kier molecular flexibility index (Phi) is 5.78. The maximum Gasteiger partial charge on any atom is 0.251 e. The molecule has 1 saturated carbocycles. The number of nitrogens with one attached hydrogen (secondary N) is 1. The number of nitrogens with zero attached hydrogens (tertiary/aromatic N) is 1. The maximum atomic E-state index is 12.6. The van der Waals surface area contributed by atoms with Crippen LogP contribution in [-0.4, -0.2) is 36.4 Å². The molecule has 0 aromatic heterocycles. The van der Waals surface area contributed by atoms with Gasteiger partial charge in [0.15, 0.2) is 0 Å². The smallest absolute Gasteiger partial charge is 0.251 e. The van der Waals surface area contributed by atoms with Gasteiger partial charge in [-0.3, -0.25) is 9.59 Å². The van der Waals surface area contributed by atoms with Crippen LogP contribution >= 0.6 is 11.6 Å². The Bertz CT molecular complexity index is 771. The minimum Gasteiger partial charge on any atom is -0.497 e. The first-order valence-corrected chi connectivity index (χ1v) is 8.91. The van der Waals surface area contributed by atoms with E-state index in [0.29, 0.717) is 17.1 Å². The summed E-state index contributed by atoms with van der Waals surface area (Å²) in [6, 6.07) is 14.5. The molecule has 0 unspecified atom stereocenters. The third-order valence-corrected chi connectivity index (χ3v) is 4.58. The van der Waals surface area contributed by atoms with Crippen LogP contribution in [0.3, 0.4) is 0 Å². The second-order valence-corrected chi connectivity index (χ2v) is 6.73. The molecule has 0 aliphatic heterocycles. The highest BCUT2D eigenvalue weighted by Gasteiger charge is 2.32. The van der Waals surface area contributed by atoms with Crippen molar-refractivity contribution in [1.82, 2.24) is 10.2 Å². The van der Waals surface area contributed by atoms with E-state index in [1.165, 1.54) is 0 Å². The van der Waals surface area contributed by atoms with Crippen LogP contribution in [0.4, 0.5) is 0 Å². The fourth-order valence-electron chi connectivity index (χ4n) is 2.70. The van der Waals surface area contributed by atoms with E-state index in [1.807, 2.05) is 29.2 Å². The van der Waals surface area contributed by atoms with Crippen molar-refractivity contribution in [1.29, 1.82) is 0 Å². The summed E-state index contributed by atoms with van der Waals surface area (Å²) >= 11 is 5.82. The van der Waals surface area contributed by atoms with Crippen LogP contribution in [0, 0.1) is 0 Å². The highest BCUT2D eigenvalue weighted by molar-refractivity contribution is 6.30. The van der Waals surface area contributed by atoms with Gasteiger partial charge in [0.2, 0.25) is 5.91 Å². The zero-order chi connectivity index (χ0) is 18.5. The van der Waals surface area contributed by atoms with Gasteiger partial charge in [-0.15, -0.1) is 0 Å². The maximum absolute atomic E-state index is 12.6. The van der Waals surface area contributed by atoms with Crippen molar-refractivity contribution in [3.63, 3.8) is 0 Å². The highest BCUT2D eigenvalue weighted by Crippen LogP contribution is 2.28. The molecule has 0 bridgehead atoms. The van der Waals surface area contributed by atoms with Crippen LogP contribution in [0.1, 0.15) is 28.8 Å². The van der Waals surface area contributed by atoms with Crippen molar-refractivity contribution in [2.45, 2.75) is 25.4 Å². The molecule has 2 aromatic carbocycles. The number of benzene rings is 2. The van der Waals surface area contributed by atoms with E-state index in [4.69, 9.17) is 16.3 Å². The molecule has 1 aliphatic carbocycles. The number of carbonyl (C=O) groups is 2. The molecule has 0 saturated heterocycles. The first-order chi connectivity index (χ1) is 12.6. The predicted octanol–water partition coefficient (Wildman–Crippen LogP) is 3.27. The molecule has 5 nitrogen and oxygen atoms in total. The Morgan fingerprint density at radius 2 is 1.77 bits per heavy atom. The number of amides is 2. The Labute approximate surface area is 157 Å². The largest absolute Gasteiger partial charge is 0.497 e. The van der Waals surface area contributed by atoms with Gasteiger partial charge in [0, 0.05) is 23.2 Å². The van der Waals surface area contributed by atoms with Gasteiger partial charge in [0.1, 0.15) is 5.75 Å². The van der Waals surface area contributed by atoms with Gasteiger partial charge in [-0.05, 0) is 54.8 Å². The molecule has 1 N–H and O–H groups in total. The van der Waals surface area contributed by atoms with Crippen molar-refractivity contribution in [3.05, 3.63) is 64.7 Å². The lowest BCUT2D eigenvalue weighted by molar-refractivity contribution is -0.131. The molecule has 3 rings (SSSR count). The van der Waals surface area contributed by atoms with Crippen LogP contribution in [0.5, 0.6) is 5.75 Å². The number of halogens is 1. The highest BCUT2D eigenvalue weighted by atomic mass is 35.5. The Balaban J connectivity index is 1.58. The minimum absolute atomic E-state index is 0.0197. The fourth-order valence-corrected chi connectivity index (χ4v) is 2.82. The Morgan fingerprint density at radius 3 is 2.35 bits per heavy atom. The molecular formula is C20H21ClN2O3. The zero-order valence-electron chi connectivity index (χ0n) is 14.6. The number of rotatable bonds is 7. The van der Waals surface area contributed by atoms with Gasteiger partial charge in [-0.1, -0.05) is 23.7 Å². The first kappa shape index (κ1) is 18.3. The third kappa shape index (κ3) is 4.76. The SMILES string of the molecule is COc1ccc(CN(C(=O)CNC(=O)c2ccc(Cl)cc2)C2CC2)cc1. The van der Waals surface area contributed by atoms with Gasteiger partial charge >= 0.3 is 0 Å². The molecule has 2 amide bonds. The third-order valence-electron chi connectivity index (χ3n) is 4.33. The molecule has 6 heteroatoms. The summed E-state index contributed by atoms with van der Waals surface area (Å²) in [6.07, 6.45) is 2.01. The second-order valence-electron chi connectivity index (χ2n) is 6.29. The number of ether oxygens (including phenoxy) is 1. The van der Waals surface area contributed by atoms with E-state index >= 15 is 0 Å². The normalized spacial score (nSPS) is 13.2. The number of hydrogen-bond donors (Lipinski definition) is 1. The Hall–Kier alpha value is -2.53. The van der Waals surface area contributed by atoms with E-state index in [2.05, 4.69) is 5.32 Å². The molecule has 1 aliphatic rings. The predicted molar refractivity (Wildman–Crippen MR) is 100 cm³/mol. The molecule has 2 aromatic rings. The Morgan fingerprint density at radius 1 is 1.12 bits per heavy atom. The fraction of sp³-hybridized carbons (Fsp3) is 0.300. The summed E-state index contributed by atoms with van der Waals surface area (Å²) in [4.78, 5) is 26.6. The van der Waals surface area contributed by atoms with Crippen molar-refractivity contribution in [2.75, 3.05) is 13.7 Å². The zero-order valence-corrected chi connectivity index (χ0v) is 15.3. The van der Waals surface area contributed by atoms with Gasteiger partial charge < -0.3 is 15.0 Å². The van der Waals surface area contributed by atoms with E-state index in [1.54, 1.807) is 31.4 Å². The van der Waals surface area contributed by atoms with Crippen LogP contribution in [-0.2, 0) is 11.3 Å². The average molecular weight is 373 g/mol. The molecule has 0 atom stereocenters. The first-order valence-electron chi connectivity index (χ1n) is 8.53. The van der Waals surface area contributed by atoms with E-state index in [9.17, 15) is 9.59 Å². The molecule has 26 heavy (non-hydrogen) atoms. The van der Waals surface area contributed by atoms with Gasteiger partial charge in [0.05, 0.1) is 13.7 Å². The van der Waals surface area contributed by atoms with E-state index < -0.39 is 0 Å². The molecule has 136 valence electrons. The summed E-state index contributed by atoms with van der Waals surface area (Å²) in [7, 11) is 1.62. The molecular weight excluding hydrogens is 352 g/mol. The van der Waals surface area contributed by atoms with Gasteiger partial charge in [-0.2, -0.15) is 0 Å². The van der Waals surface area contributed by atoms with Crippen LogP contribution in [0.25, 0.3) is 0 Å². The van der Waals surface area contributed by atoms with Crippen LogP contribution in [0.15, 0.2) is 48.5 Å².